The smallest absolute Gasteiger partial charge is 0.344 e. The molecule has 0 radical (unpaired) electrons. The van der Waals surface area contributed by atoms with E-state index in [2.05, 4.69) is 42.6 Å². The maximum Gasteiger partial charge on any atom is 0.344 e. The molecule has 2 N–H and O–H groups in total. The predicted molar refractivity (Wildman–Crippen MR) is 142 cm³/mol. The monoisotopic (exact) mass is 499 g/mol. The molecule has 0 amide bonds. The van der Waals surface area contributed by atoms with Crippen molar-refractivity contribution >= 4 is 16.7 Å². The van der Waals surface area contributed by atoms with Gasteiger partial charge in [-0.25, -0.2) is 9.18 Å². The quantitative estimate of drug-likeness (QED) is 0.291. The first-order valence-electron chi connectivity index (χ1n) is 12.6. The van der Waals surface area contributed by atoms with Crippen molar-refractivity contribution in [2.45, 2.75) is 44.4 Å². The van der Waals surface area contributed by atoms with Gasteiger partial charge >= 0.3 is 5.97 Å². The molecule has 5 nitrogen and oxygen atoms in total. The zero-order valence-corrected chi connectivity index (χ0v) is 20.9. The lowest BCUT2D eigenvalue weighted by molar-refractivity contribution is -0.144. The van der Waals surface area contributed by atoms with Crippen LogP contribution in [0.4, 0.5) is 4.39 Å². The van der Waals surface area contributed by atoms with Crippen molar-refractivity contribution in [2.24, 2.45) is 0 Å². The first kappa shape index (κ1) is 24.8. The number of nitrogens with one attached hydrogen (secondary N) is 1. The number of halogens is 1. The molecule has 1 unspecified atom stereocenters. The second kappa shape index (κ2) is 10.6. The Bertz CT molecular complexity index is 1420. The van der Waals surface area contributed by atoms with Crippen LogP contribution in [0.5, 0.6) is 11.5 Å². The molecule has 6 heteroatoms. The SMILES string of the molecule is CC(Oc1ccc(F)c([C@@H]2C[C@H](CN[C@H](C)c3cccc4ccccc34)Oc3ccccc32)c1)C(=O)O. The van der Waals surface area contributed by atoms with Crippen LogP contribution in [0.2, 0.25) is 0 Å². The van der Waals surface area contributed by atoms with Crippen molar-refractivity contribution < 1.29 is 23.8 Å². The summed E-state index contributed by atoms with van der Waals surface area (Å²) in [6.45, 7) is 4.18. The maximum absolute atomic E-state index is 15.1. The fraction of sp³-hybridized carbons (Fsp3) is 0.258. The zero-order chi connectivity index (χ0) is 25.9. The Morgan fingerprint density at radius 3 is 2.62 bits per heavy atom. The Labute approximate surface area is 215 Å². The summed E-state index contributed by atoms with van der Waals surface area (Å²) >= 11 is 0. The molecule has 0 bridgehead atoms. The molecular formula is C31H30FNO4. The zero-order valence-electron chi connectivity index (χ0n) is 20.9. The Morgan fingerprint density at radius 1 is 1.03 bits per heavy atom. The van der Waals surface area contributed by atoms with E-state index in [1.54, 1.807) is 6.07 Å². The molecule has 4 aromatic rings. The average Bonchev–Trinajstić information content (AvgIpc) is 2.92. The van der Waals surface area contributed by atoms with Gasteiger partial charge in [0.05, 0.1) is 0 Å². The molecule has 0 aliphatic carbocycles. The molecule has 0 aromatic heterocycles. The van der Waals surface area contributed by atoms with Gasteiger partial charge < -0.3 is 19.9 Å². The molecule has 4 atom stereocenters. The number of carboxylic acid groups (broad SMARTS) is 1. The van der Waals surface area contributed by atoms with Gasteiger partial charge in [0.2, 0.25) is 0 Å². The van der Waals surface area contributed by atoms with Gasteiger partial charge in [-0.05, 0) is 66.4 Å². The number of carboxylic acids is 1. The molecule has 190 valence electrons. The maximum atomic E-state index is 15.1. The van der Waals surface area contributed by atoms with Crippen LogP contribution in [0.15, 0.2) is 84.9 Å². The summed E-state index contributed by atoms with van der Waals surface area (Å²) in [5, 5.41) is 15.2. The van der Waals surface area contributed by atoms with Crippen molar-refractivity contribution in [2.75, 3.05) is 6.54 Å². The Balaban J connectivity index is 1.38. The van der Waals surface area contributed by atoms with E-state index in [0.717, 1.165) is 11.3 Å². The van der Waals surface area contributed by atoms with Gasteiger partial charge in [0, 0.05) is 24.1 Å². The summed E-state index contributed by atoms with van der Waals surface area (Å²) in [5.74, 6) is -0.627. The largest absolute Gasteiger partial charge is 0.489 e. The predicted octanol–water partition coefficient (Wildman–Crippen LogP) is 6.46. The van der Waals surface area contributed by atoms with E-state index in [4.69, 9.17) is 9.47 Å². The molecule has 4 aromatic carbocycles. The van der Waals surface area contributed by atoms with Crippen molar-refractivity contribution in [1.82, 2.24) is 5.32 Å². The highest BCUT2D eigenvalue weighted by Gasteiger charge is 2.31. The van der Waals surface area contributed by atoms with Gasteiger partial charge in [0.1, 0.15) is 23.4 Å². The molecule has 1 heterocycles. The molecule has 37 heavy (non-hydrogen) atoms. The van der Waals surface area contributed by atoms with E-state index in [0.29, 0.717) is 24.3 Å². The third-order valence-corrected chi connectivity index (χ3v) is 7.03. The minimum absolute atomic E-state index is 0.0938. The molecule has 1 aliphatic heterocycles. The van der Waals surface area contributed by atoms with Gasteiger partial charge in [0.15, 0.2) is 6.10 Å². The van der Waals surface area contributed by atoms with Gasteiger partial charge in [-0.15, -0.1) is 0 Å². The average molecular weight is 500 g/mol. The van der Waals surface area contributed by atoms with Gasteiger partial charge in [-0.3, -0.25) is 0 Å². The van der Waals surface area contributed by atoms with E-state index in [1.807, 2.05) is 36.4 Å². The summed E-state index contributed by atoms with van der Waals surface area (Å²) < 4.78 is 27.0. The van der Waals surface area contributed by atoms with Crippen LogP contribution < -0.4 is 14.8 Å². The standard InChI is InChI=1S/C31H30FNO4/c1-19(24-12-7-9-21-8-3-4-10-25(21)24)33-18-23-17-27(26-11-5-6-13-30(26)37-23)28-16-22(14-15-29(28)32)36-20(2)31(34)35/h3-16,19-20,23,27,33H,17-18H2,1-2H3,(H,34,35)/t19-,20?,23-,27-/m1/s1. The molecule has 0 saturated carbocycles. The summed E-state index contributed by atoms with van der Waals surface area (Å²) in [7, 11) is 0. The van der Waals surface area contributed by atoms with Gasteiger partial charge in [-0.2, -0.15) is 0 Å². The van der Waals surface area contributed by atoms with Gasteiger partial charge in [0.25, 0.3) is 0 Å². The van der Waals surface area contributed by atoms with Crippen molar-refractivity contribution in [1.29, 1.82) is 0 Å². The lowest BCUT2D eigenvalue weighted by atomic mass is 9.83. The van der Waals surface area contributed by atoms with E-state index >= 15 is 4.39 Å². The third-order valence-electron chi connectivity index (χ3n) is 7.03. The van der Waals surface area contributed by atoms with Crippen LogP contribution in [-0.4, -0.2) is 29.8 Å². The second-order valence-electron chi connectivity index (χ2n) is 9.55. The first-order valence-corrected chi connectivity index (χ1v) is 12.6. The molecule has 0 fully saturated rings. The Kier molecular flexibility index (Phi) is 7.10. The highest BCUT2D eigenvalue weighted by atomic mass is 19.1. The number of rotatable bonds is 8. The highest BCUT2D eigenvalue weighted by molar-refractivity contribution is 5.86. The lowest BCUT2D eigenvalue weighted by Crippen LogP contribution is -2.37. The van der Waals surface area contributed by atoms with Crippen LogP contribution in [0.25, 0.3) is 10.8 Å². The summed E-state index contributed by atoms with van der Waals surface area (Å²) in [5.41, 5.74) is 2.59. The van der Waals surface area contributed by atoms with Crippen molar-refractivity contribution in [3.63, 3.8) is 0 Å². The number of fused-ring (bicyclic) bond motifs is 2. The van der Waals surface area contributed by atoms with E-state index in [-0.39, 0.29) is 23.9 Å². The summed E-state index contributed by atoms with van der Waals surface area (Å²) in [6, 6.07) is 26.9. The summed E-state index contributed by atoms with van der Waals surface area (Å²) in [6.07, 6.45) is -0.645. The normalized spacial score (nSPS) is 18.5. The topological polar surface area (TPSA) is 67.8 Å². The van der Waals surface area contributed by atoms with E-state index < -0.39 is 12.1 Å². The van der Waals surface area contributed by atoms with E-state index in [1.165, 1.54) is 35.4 Å². The van der Waals surface area contributed by atoms with Crippen LogP contribution in [0.1, 0.15) is 48.9 Å². The summed E-state index contributed by atoms with van der Waals surface area (Å²) in [4.78, 5) is 11.2. The van der Waals surface area contributed by atoms with Gasteiger partial charge in [-0.1, -0.05) is 60.7 Å². The van der Waals surface area contributed by atoms with Crippen LogP contribution in [0, 0.1) is 5.82 Å². The minimum Gasteiger partial charge on any atom is -0.489 e. The number of benzene rings is 4. The number of carbonyl (C=O) groups is 1. The molecular weight excluding hydrogens is 469 g/mol. The molecule has 0 spiro atoms. The second-order valence-corrected chi connectivity index (χ2v) is 9.55. The number of ether oxygens (including phenoxy) is 2. The van der Waals surface area contributed by atoms with Crippen molar-refractivity contribution in [3.8, 4) is 11.5 Å². The minimum atomic E-state index is -1.08. The highest BCUT2D eigenvalue weighted by Crippen LogP contribution is 2.42. The fourth-order valence-electron chi connectivity index (χ4n) is 5.08. The van der Waals surface area contributed by atoms with Crippen LogP contribution >= 0.6 is 0 Å². The number of para-hydroxylation sites is 1. The van der Waals surface area contributed by atoms with Crippen LogP contribution in [0.3, 0.4) is 0 Å². The lowest BCUT2D eigenvalue weighted by Gasteiger charge is -2.33. The fourth-order valence-corrected chi connectivity index (χ4v) is 5.08. The Morgan fingerprint density at radius 2 is 1.78 bits per heavy atom. The molecule has 5 rings (SSSR count). The number of aliphatic carboxylic acids is 1. The molecule has 0 saturated heterocycles. The first-order chi connectivity index (χ1) is 17.9. The number of hydrogen-bond acceptors (Lipinski definition) is 4. The Hall–Kier alpha value is -3.90. The molecule has 1 aliphatic rings. The van der Waals surface area contributed by atoms with E-state index in [9.17, 15) is 9.90 Å². The number of hydrogen-bond donors (Lipinski definition) is 2. The van der Waals surface area contributed by atoms with Crippen molar-refractivity contribution in [3.05, 3.63) is 107 Å². The van der Waals surface area contributed by atoms with Crippen LogP contribution in [-0.2, 0) is 4.79 Å². The third kappa shape index (κ3) is 5.30.